The Morgan fingerprint density at radius 2 is 2.44 bits per heavy atom. The minimum Gasteiger partial charge on any atom is -0.388 e. The van der Waals surface area contributed by atoms with Crippen LogP contribution in [0.1, 0.15) is 31.4 Å². The summed E-state index contributed by atoms with van der Waals surface area (Å²) in [5.74, 6) is 1.27. The zero-order chi connectivity index (χ0) is 13.0. The molecule has 18 heavy (non-hydrogen) atoms. The maximum Gasteiger partial charge on any atom is 0.187 e. The molecule has 5 heteroatoms. The van der Waals surface area contributed by atoms with Crippen LogP contribution in [0, 0.1) is 12.8 Å². The van der Waals surface area contributed by atoms with Gasteiger partial charge in [-0.15, -0.1) is 0 Å². The number of aliphatic hydroxyl groups is 1. The van der Waals surface area contributed by atoms with E-state index in [-0.39, 0.29) is 0 Å². The highest BCUT2D eigenvalue weighted by atomic mass is 32.2. The van der Waals surface area contributed by atoms with Gasteiger partial charge in [0, 0.05) is 24.2 Å². The number of hydrogen-bond acceptors (Lipinski definition) is 5. The van der Waals surface area contributed by atoms with Crippen LogP contribution in [0.15, 0.2) is 17.4 Å². The quantitative estimate of drug-likeness (QED) is 0.628. The van der Waals surface area contributed by atoms with Crippen molar-refractivity contribution in [3.05, 3.63) is 18.0 Å². The van der Waals surface area contributed by atoms with E-state index in [9.17, 15) is 5.11 Å². The Hall–Kier alpha value is -0.650. The summed E-state index contributed by atoms with van der Waals surface area (Å²) >= 11 is 1.66. The normalized spacial score (nSPS) is 27.6. The molecule has 2 atom stereocenters. The molecule has 0 radical (unpaired) electrons. The standard InChI is InChI=1S/C13H21N3OS/c1-10-4-7-15-12(16-10)18-8-5-11-3-2-6-13(11,17)9-14/h4,7,11,17H,2-3,5-6,8-9,14H2,1H3. The van der Waals surface area contributed by atoms with Gasteiger partial charge in [-0.25, -0.2) is 9.97 Å². The van der Waals surface area contributed by atoms with Crippen LogP contribution in [-0.2, 0) is 0 Å². The molecule has 1 saturated carbocycles. The second-order valence-electron chi connectivity index (χ2n) is 5.01. The van der Waals surface area contributed by atoms with E-state index in [0.29, 0.717) is 12.5 Å². The lowest BCUT2D eigenvalue weighted by Crippen LogP contribution is -2.41. The monoisotopic (exact) mass is 267 g/mol. The third-order valence-corrected chi connectivity index (χ3v) is 4.64. The lowest BCUT2D eigenvalue weighted by molar-refractivity contribution is 0.0103. The first-order chi connectivity index (χ1) is 8.64. The van der Waals surface area contributed by atoms with Gasteiger partial charge in [0.1, 0.15) is 0 Å². The maximum atomic E-state index is 10.3. The van der Waals surface area contributed by atoms with Crippen LogP contribution in [0.4, 0.5) is 0 Å². The Morgan fingerprint density at radius 3 is 3.17 bits per heavy atom. The van der Waals surface area contributed by atoms with E-state index >= 15 is 0 Å². The Labute approximate surface area is 112 Å². The van der Waals surface area contributed by atoms with Gasteiger partial charge in [0.15, 0.2) is 5.16 Å². The summed E-state index contributed by atoms with van der Waals surface area (Å²) in [6.07, 6.45) is 5.79. The highest BCUT2D eigenvalue weighted by Gasteiger charge is 2.39. The molecule has 0 aliphatic heterocycles. The van der Waals surface area contributed by atoms with E-state index in [0.717, 1.165) is 42.3 Å². The van der Waals surface area contributed by atoms with Gasteiger partial charge in [-0.3, -0.25) is 0 Å². The molecule has 1 fully saturated rings. The fraction of sp³-hybridized carbons (Fsp3) is 0.692. The third kappa shape index (κ3) is 3.22. The first-order valence-corrected chi connectivity index (χ1v) is 7.47. The summed E-state index contributed by atoms with van der Waals surface area (Å²) in [5, 5.41) is 11.2. The SMILES string of the molecule is Cc1ccnc(SCCC2CCCC2(O)CN)n1. The van der Waals surface area contributed by atoms with Crippen LogP contribution in [0.2, 0.25) is 0 Å². The largest absolute Gasteiger partial charge is 0.388 e. The lowest BCUT2D eigenvalue weighted by atomic mass is 9.89. The van der Waals surface area contributed by atoms with E-state index in [4.69, 9.17) is 5.73 Å². The van der Waals surface area contributed by atoms with Crippen LogP contribution in [0.25, 0.3) is 0 Å². The molecule has 1 heterocycles. The van der Waals surface area contributed by atoms with Crippen molar-refractivity contribution in [2.45, 2.75) is 43.4 Å². The molecule has 1 aromatic rings. The van der Waals surface area contributed by atoms with Gasteiger partial charge in [0.2, 0.25) is 0 Å². The van der Waals surface area contributed by atoms with Crippen molar-refractivity contribution in [3.8, 4) is 0 Å². The fourth-order valence-electron chi connectivity index (χ4n) is 2.60. The Bertz CT molecular complexity index is 402. The second-order valence-corrected chi connectivity index (χ2v) is 6.08. The highest BCUT2D eigenvalue weighted by Crippen LogP contribution is 2.38. The van der Waals surface area contributed by atoms with Crippen LogP contribution in [0.5, 0.6) is 0 Å². The average molecular weight is 267 g/mol. The Kier molecular flexibility index (Phi) is 4.59. The van der Waals surface area contributed by atoms with Crippen molar-refractivity contribution in [1.29, 1.82) is 0 Å². The summed E-state index contributed by atoms with van der Waals surface area (Å²) in [4.78, 5) is 8.58. The molecular weight excluding hydrogens is 246 g/mol. The van der Waals surface area contributed by atoms with Gasteiger partial charge < -0.3 is 10.8 Å². The van der Waals surface area contributed by atoms with Gasteiger partial charge in [-0.2, -0.15) is 0 Å². The van der Waals surface area contributed by atoms with Crippen molar-refractivity contribution in [1.82, 2.24) is 9.97 Å². The number of aryl methyl sites for hydroxylation is 1. The van der Waals surface area contributed by atoms with Gasteiger partial charge in [-0.05, 0) is 38.2 Å². The molecule has 0 aromatic carbocycles. The number of thioether (sulfide) groups is 1. The molecular formula is C13H21N3OS. The van der Waals surface area contributed by atoms with Crippen molar-refractivity contribution in [3.63, 3.8) is 0 Å². The van der Waals surface area contributed by atoms with Gasteiger partial charge in [0.05, 0.1) is 5.60 Å². The summed E-state index contributed by atoms with van der Waals surface area (Å²) in [6, 6.07) is 1.90. The van der Waals surface area contributed by atoms with Crippen LogP contribution < -0.4 is 5.73 Å². The van der Waals surface area contributed by atoms with Crippen LogP contribution >= 0.6 is 11.8 Å². The Morgan fingerprint density at radius 1 is 1.61 bits per heavy atom. The zero-order valence-electron chi connectivity index (χ0n) is 10.8. The lowest BCUT2D eigenvalue weighted by Gasteiger charge is -2.28. The number of hydrogen-bond donors (Lipinski definition) is 2. The number of rotatable bonds is 5. The second kappa shape index (κ2) is 5.99. The van der Waals surface area contributed by atoms with E-state index in [1.807, 2.05) is 13.0 Å². The molecule has 0 spiro atoms. The van der Waals surface area contributed by atoms with Gasteiger partial charge in [0.25, 0.3) is 0 Å². The molecule has 1 aromatic heterocycles. The summed E-state index contributed by atoms with van der Waals surface area (Å²) in [6.45, 7) is 2.35. The van der Waals surface area contributed by atoms with Crippen LogP contribution in [0.3, 0.4) is 0 Å². The van der Waals surface area contributed by atoms with E-state index in [2.05, 4.69) is 9.97 Å². The van der Waals surface area contributed by atoms with E-state index in [1.165, 1.54) is 0 Å². The van der Waals surface area contributed by atoms with Gasteiger partial charge >= 0.3 is 0 Å². The summed E-state index contributed by atoms with van der Waals surface area (Å²) in [5.41, 5.74) is 6.04. The maximum absolute atomic E-state index is 10.3. The molecule has 4 nitrogen and oxygen atoms in total. The number of aromatic nitrogens is 2. The summed E-state index contributed by atoms with van der Waals surface area (Å²) < 4.78 is 0. The molecule has 2 unspecified atom stereocenters. The number of nitrogens with zero attached hydrogens (tertiary/aromatic N) is 2. The molecule has 3 N–H and O–H groups in total. The van der Waals surface area contributed by atoms with Crippen molar-refractivity contribution >= 4 is 11.8 Å². The highest BCUT2D eigenvalue weighted by molar-refractivity contribution is 7.99. The predicted molar refractivity (Wildman–Crippen MR) is 73.5 cm³/mol. The van der Waals surface area contributed by atoms with Crippen molar-refractivity contribution < 1.29 is 5.11 Å². The van der Waals surface area contributed by atoms with Crippen molar-refractivity contribution in [2.24, 2.45) is 11.7 Å². The average Bonchev–Trinajstić information content (AvgIpc) is 2.72. The molecule has 2 rings (SSSR count). The minimum atomic E-state index is -0.631. The van der Waals surface area contributed by atoms with Crippen molar-refractivity contribution in [2.75, 3.05) is 12.3 Å². The summed E-state index contributed by atoms with van der Waals surface area (Å²) in [7, 11) is 0. The molecule has 100 valence electrons. The molecule has 0 saturated heterocycles. The molecule has 1 aliphatic carbocycles. The first kappa shape index (κ1) is 13.8. The minimum absolute atomic E-state index is 0.333. The van der Waals surface area contributed by atoms with E-state index in [1.54, 1.807) is 18.0 Å². The molecule has 0 amide bonds. The smallest absolute Gasteiger partial charge is 0.187 e. The molecule has 0 bridgehead atoms. The topological polar surface area (TPSA) is 72.0 Å². The predicted octanol–water partition coefficient (Wildman–Crippen LogP) is 1.76. The number of nitrogens with two attached hydrogens (primary N) is 1. The molecule has 1 aliphatic rings. The van der Waals surface area contributed by atoms with E-state index < -0.39 is 5.60 Å². The Balaban J connectivity index is 1.82. The van der Waals surface area contributed by atoms with Crippen LogP contribution in [-0.4, -0.2) is 33.0 Å². The fourth-order valence-corrected chi connectivity index (χ4v) is 3.53. The zero-order valence-corrected chi connectivity index (χ0v) is 11.6. The first-order valence-electron chi connectivity index (χ1n) is 6.49. The van der Waals surface area contributed by atoms with Gasteiger partial charge in [-0.1, -0.05) is 18.2 Å². The third-order valence-electron chi connectivity index (χ3n) is 3.75.